The number of hydrogen-bond acceptors (Lipinski definition) is 6. The minimum Gasteiger partial charge on any atom is -0.508 e. The molecule has 0 radical (unpaired) electrons. The van der Waals surface area contributed by atoms with Gasteiger partial charge in [-0.3, -0.25) is 9.78 Å². The average Bonchev–Trinajstić information content (AvgIpc) is 3.30. The highest BCUT2D eigenvalue weighted by atomic mass is 35.5. The molecular weight excluding hydrogens is 543 g/mol. The van der Waals surface area contributed by atoms with Crippen LogP contribution in [0.25, 0.3) is 16.9 Å². The van der Waals surface area contributed by atoms with Crippen molar-refractivity contribution in [2.45, 2.75) is 25.7 Å². The normalized spacial score (nSPS) is 11.6. The number of phenolic OH excluding ortho intramolecular Hbond substituents is 1. The number of halogens is 2. The maximum absolute atomic E-state index is 12.2. The number of rotatable bonds is 6. The van der Waals surface area contributed by atoms with Crippen molar-refractivity contribution >= 4 is 34.5 Å². The average molecular weight is 565 g/mol. The molecule has 0 aliphatic rings. The van der Waals surface area contributed by atoms with E-state index in [-0.39, 0.29) is 5.75 Å². The topological polar surface area (TPSA) is 101 Å². The fraction of sp³-hybridized carbons (Fsp3) is 0.143. The van der Waals surface area contributed by atoms with Crippen LogP contribution >= 0.6 is 34.5 Å². The van der Waals surface area contributed by atoms with E-state index in [1.54, 1.807) is 24.3 Å². The molecule has 0 aliphatic heterocycles. The summed E-state index contributed by atoms with van der Waals surface area (Å²) in [6, 6.07) is 20.3. The Hall–Kier alpha value is -3.72. The van der Waals surface area contributed by atoms with Crippen LogP contribution in [0.3, 0.4) is 0 Å². The first kappa shape index (κ1) is 25.9. The molecule has 0 saturated heterocycles. The van der Waals surface area contributed by atoms with Crippen molar-refractivity contribution in [1.29, 1.82) is 0 Å². The van der Waals surface area contributed by atoms with E-state index in [1.807, 2.05) is 56.3 Å². The van der Waals surface area contributed by atoms with Crippen LogP contribution < -0.4 is 11.2 Å². The number of para-hydroxylation sites is 1. The number of phenols is 1. The monoisotopic (exact) mass is 564 g/mol. The summed E-state index contributed by atoms with van der Waals surface area (Å²) in [5.41, 5.74) is 1.56. The van der Waals surface area contributed by atoms with Crippen molar-refractivity contribution in [2.75, 3.05) is 0 Å². The number of nitrogens with one attached hydrogen (secondary N) is 1. The molecule has 0 aliphatic carbocycles. The van der Waals surface area contributed by atoms with Crippen molar-refractivity contribution in [2.24, 2.45) is 0 Å². The molecule has 0 spiro atoms. The first-order valence-corrected chi connectivity index (χ1v) is 13.2. The second kappa shape index (κ2) is 10.2. The van der Waals surface area contributed by atoms with E-state index in [0.29, 0.717) is 27.7 Å². The molecule has 0 bridgehead atoms. The molecule has 0 fully saturated rings. The van der Waals surface area contributed by atoms with Crippen molar-refractivity contribution < 1.29 is 5.11 Å². The lowest BCUT2D eigenvalue weighted by atomic mass is 9.85. The zero-order chi connectivity index (χ0) is 27.0. The fourth-order valence-corrected chi connectivity index (χ4v) is 6.48. The maximum Gasteiger partial charge on any atom is 0.349 e. The van der Waals surface area contributed by atoms with E-state index in [0.717, 1.165) is 37.6 Å². The van der Waals surface area contributed by atoms with Gasteiger partial charge >= 0.3 is 5.69 Å². The first-order valence-electron chi connectivity index (χ1n) is 11.7. The van der Waals surface area contributed by atoms with E-state index < -0.39 is 16.7 Å². The van der Waals surface area contributed by atoms with Crippen LogP contribution in [-0.4, -0.2) is 24.9 Å². The van der Waals surface area contributed by atoms with Crippen LogP contribution in [0.1, 0.15) is 34.9 Å². The lowest BCUT2D eigenvalue weighted by molar-refractivity contribution is 0.469. The summed E-state index contributed by atoms with van der Waals surface area (Å²) in [6.45, 7) is 3.98. The second-order valence-corrected chi connectivity index (χ2v) is 11.1. The first-order chi connectivity index (χ1) is 18.1. The van der Waals surface area contributed by atoms with Gasteiger partial charge in [-0.15, -0.1) is 11.3 Å². The Kier molecular flexibility index (Phi) is 6.96. The summed E-state index contributed by atoms with van der Waals surface area (Å²) in [5, 5.41) is 15.7. The Morgan fingerprint density at radius 3 is 2.32 bits per heavy atom. The molecular formula is C28H22Cl2N4O3S. The second-order valence-electron chi connectivity index (χ2n) is 9.22. The van der Waals surface area contributed by atoms with Crippen LogP contribution in [0.5, 0.6) is 5.75 Å². The van der Waals surface area contributed by atoms with Gasteiger partial charge in [0, 0.05) is 37.9 Å². The zero-order valence-electron chi connectivity index (χ0n) is 20.4. The van der Waals surface area contributed by atoms with E-state index in [4.69, 9.17) is 28.2 Å². The van der Waals surface area contributed by atoms with Gasteiger partial charge in [0.05, 0.1) is 11.4 Å². The predicted octanol–water partition coefficient (Wildman–Crippen LogP) is 5.97. The third kappa shape index (κ3) is 4.90. The van der Waals surface area contributed by atoms with Crippen LogP contribution in [0.4, 0.5) is 0 Å². The Labute approximate surface area is 232 Å². The Bertz CT molecular complexity index is 1740. The molecule has 2 aromatic heterocycles. The molecule has 10 heteroatoms. The van der Waals surface area contributed by atoms with E-state index >= 15 is 0 Å². The highest BCUT2D eigenvalue weighted by Gasteiger charge is 2.33. The highest BCUT2D eigenvalue weighted by molar-refractivity contribution is 7.12. The van der Waals surface area contributed by atoms with Crippen molar-refractivity contribution in [3.63, 3.8) is 0 Å². The van der Waals surface area contributed by atoms with Gasteiger partial charge < -0.3 is 5.11 Å². The molecule has 3 aromatic carbocycles. The summed E-state index contributed by atoms with van der Waals surface area (Å²) in [4.78, 5) is 31.9. The third-order valence-electron chi connectivity index (χ3n) is 6.23. The molecule has 0 unspecified atom stereocenters. The lowest BCUT2D eigenvalue weighted by Crippen LogP contribution is -2.30. The van der Waals surface area contributed by atoms with Crippen molar-refractivity contribution in [3.8, 4) is 22.7 Å². The van der Waals surface area contributed by atoms with Crippen molar-refractivity contribution in [3.05, 3.63) is 125 Å². The van der Waals surface area contributed by atoms with Gasteiger partial charge in [0.2, 0.25) is 0 Å². The maximum atomic E-state index is 12.2. The largest absolute Gasteiger partial charge is 0.508 e. The SMILES string of the molecule is CC(C)(c1nc(-c2ccccc2)c(Cc2ccccc2O)s1)c1c(Cl)cc(-n2ncc(=O)[nH]c2=O)cc1Cl. The Morgan fingerprint density at radius 2 is 1.66 bits per heavy atom. The van der Waals surface area contributed by atoms with Crippen LogP contribution in [0.15, 0.2) is 82.5 Å². The summed E-state index contributed by atoms with van der Waals surface area (Å²) in [7, 11) is 0. The molecule has 5 aromatic rings. The summed E-state index contributed by atoms with van der Waals surface area (Å²) < 4.78 is 1.03. The van der Waals surface area contributed by atoms with Gasteiger partial charge in [-0.1, -0.05) is 71.7 Å². The minimum absolute atomic E-state index is 0.230. The molecule has 0 amide bonds. The molecule has 192 valence electrons. The Balaban J connectivity index is 1.62. The van der Waals surface area contributed by atoms with E-state index in [1.165, 1.54) is 11.3 Å². The standard InChI is InChI=1S/C28H22Cl2N4O3S/c1-28(2,24-19(29)13-18(14-20(24)30)34-27(37)32-23(36)15-31-34)26-33-25(16-8-4-3-5-9-16)22(38-26)12-17-10-6-7-11-21(17)35/h3-11,13-15,35H,12H2,1-2H3,(H,32,36,37). The van der Waals surface area contributed by atoms with E-state index in [9.17, 15) is 14.7 Å². The number of thiazole rings is 1. The van der Waals surface area contributed by atoms with Gasteiger partial charge in [0.25, 0.3) is 5.56 Å². The molecule has 2 N–H and O–H groups in total. The van der Waals surface area contributed by atoms with Gasteiger partial charge in [0.15, 0.2) is 0 Å². The number of H-pyrrole nitrogens is 1. The molecule has 7 nitrogen and oxygen atoms in total. The van der Waals surface area contributed by atoms with E-state index in [2.05, 4.69) is 10.1 Å². The summed E-state index contributed by atoms with van der Waals surface area (Å²) in [6.07, 6.45) is 1.51. The predicted molar refractivity (Wildman–Crippen MR) is 151 cm³/mol. The molecule has 5 rings (SSSR count). The molecule has 0 saturated carbocycles. The number of hydrogen-bond donors (Lipinski definition) is 2. The molecule has 2 heterocycles. The number of aromatic nitrogens is 4. The van der Waals surface area contributed by atoms with Gasteiger partial charge in [0.1, 0.15) is 17.0 Å². The summed E-state index contributed by atoms with van der Waals surface area (Å²) >= 11 is 15.1. The van der Waals surface area contributed by atoms with Crippen LogP contribution in [0.2, 0.25) is 10.0 Å². The quantitative estimate of drug-likeness (QED) is 0.264. The minimum atomic E-state index is -0.707. The highest BCUT2D eigenvalue weighted by Crippen LogP contribution is 2.45. The Morgan fingerprint density at radius 1 is 1.00 bits per heavy atom. The van der Waals surface area contributed by atoms with Crippen LogP contribution in [0, 0.1) is 0 Å². The van der Waals surface area contributed by atoms with Crippen molar-refractivity contribution in [1.82, 2.24) is 19.7 Å². The summed E-state index contributed by atoms with van der Waals surface area (Å²) in [5.74, 6) is 0.230. The number of aromatic amines is 1. The lowest BCUT2D eigenvalue weighted by Gasteiger charge is -2.26. The molecule has 0 atom stereocenters. The van der Waals surface area contributed by atoms with Gasteiger partial charge in [-0.25, -0.2) is 9.78 Å². The van der Waals surface area contributed by atoms with Gasteiger partial charge in [-0.05, 0) is 37.6 Å². The third-order valence-corrected chi connectivity index (χ3v) is 8.21. The van der Waals surface area contributed by atoms with Gasteiger partial charge in [-0.2, -0.15) is 9.78 Å². The number of benzene rings is 3. The fourth-order valence-electron chi connectivity index (χ4n) is 4.32. The smallest absolute Gasteiger partial charge is 0.349 e. The zero-order valence-corrected chi connectivity index (χ0v) is 22.7. The molecule has 38 heavy (non-hydrogen) atoms. The van der Waals surface area contributed by atoms with Crippen LogP contribution in [-0.2, 0) is 11.8 Å². The number of aromatic hydroxyl groups is 1. The number of nitrogens with zero attached hydrogens (tertiary/aromatic N) is 3.